The summed E-state index contributed by atoms with van der Waals surface area (Å²) < 4.78 is 5.29. The third-order valence-electron chi connectivity index (χ3n) is 2.78. The first-order valence-electron chi connectivity index (χ1n) is 5.56. The molecule has 0 radical (unpaired) electrons. The van der Waals surface area contributed by atoms with E-state index in [1.54, 1.807) is 23.8 Å². The number of thiazole rings is 1. The summed E-state index contributed by atoms with van der Waals surface area (Å²) in [5, 5.41) is 3.25. The van der Waals surface area contributed by atoms with E-state index in [1.807, 2.05) is 11.6 Å². The van der Waals surface area contributed by atoms with E-state index in [4.69, 9.17) is 4.42 Å². The quantitative estimate of drug-likeness (QED) is 0.792. The molecule has 2 atom stereocenters. The molecule has 2 aromatic heterocycles. The van der Waals surface area contributed by atoms with Gasteiger partial charge in [0.15, 0.2) is 5.89 Å². The lowest BCUT2D eigenvalue weighted by Crippen LogP contribution is -1.98. The lowest BCUT2D eigenvalue weighted by Gasteiger charge is -2.11. The van der Waals surface area contributed by atoms with Crippen molar-refractivity contribution < 1.29 is 4.42 Å². The molecule has 0 amide bonds. The molecule has 0 spiro atoms. The van der Waals surface area contributed by atoms with Crippen LogP contribution in [0.1, 0.15) is 49.4 Å². The van der Waals surface area contributed by atoms with Crippen molar-refractivity contribution >= 4 is 11.3 Å². The number of rotatable bonds is 5. The molecule has 86 valence electrons. The van der Waals surface area contributed by atoms with Crippen molar-refractivity contribution in [1.29, 1.82) is 0 Å². The summed E-state index contributed by atoms with van der Waals surface area (Å²) >= 11 is 1.73. The molecule has 4 heteroatoms. The molecular formula is C12H16N2OS. The normalized spacial score (nSPS) is 14.9. The van der Waals surface area contributed by atoms with Crippen molar-refractivity contribution in [3.63, 3.8) is 0 Å². The van der Waals surface area contributed by atoms with Crippen molar-refractivity contribution in [2.45, 2.75) is 38.5 Å². The van der Waals surface area contributed by atoms with Crippen molar-refractivity contribution in [1.82, 2.24) is 9.97 Å². The average Bonchev–Trinajstić information content (AvgIpc) is 2.95. The van der Waals surface area contributed by atoms with Crippen LogP contribution in [0.15, 0.2) is 28.5 Å². The van der Waals surface area contributed by atoms with Crippen LogP contribution < -0.4 is 0 Å². The van der Waals surface area contributed by atoms with E-state index in [1.165, 1.54) is 5.01 Å². The van der Waals surface area contributed by atoms with E-state index < -0.39 is 0 Å². The standard InChI is InChI=1S/C12H16N2OS/c1-9(11-13-5-7-15-11)3-4-10(2)12-14-6-8-16-12/h5-10H,3-4H2,1-2H3. The Hall–Kier alpha value is -1.16. The Labute approximate surface area is 99.6 Å². The Balaban J connectivity index is 1.84. The first kappa shape index (κ1) is 11.3. The number of hydrogen-bond donors (Lipinski definition) is 0. The minimum Gasteiger partial charge on any atom is -0.449 e. The molecule has 2 rings (SSSR count). The Bertz CT molecular complexity index is 356. The molecule has 2 unspecified atom stereocenters. The van der Waals surface area contributed by atoms with E-state index in [9.17, 15) is 0 Å². The zero-order valence-electron chi connectivity index (χ0n) is 9.59. The van der Waals surface area contributed by atoms with E-state index in [0.29, 0.717) is 11.8 Å². The third-order valence-corrected chi connectivity index (χ3v) is 3.79. The fourth-order valence-electron chi connectivity index (χ4n) is 1.70. The highest BCUT2D eigenvalue weighted by molar-refractivity contribution is 7.09. The average molecular weight is 236 g/mol. The number of hydrogen-bond acceptors (Lipinski definition) is 4. The molecule has 2 heterocycles. The fraction of sp³-hybridized carbons (Fsp3) is 0.500. The van der Waals surface area contributed by atoms with E-state index in [2.05, 4.69) is 23.8 Å². The summed E-state index contributed by atoms with van der Waals surface area (Å²) in [7, 11) is 0. The van der Waals surface area contributed by atoms with E-state index in [-0.39, 0.29) is 0 Å². The van der Waals surface area contributed by atoms with Crippen molar-refractivity contribution in [3.8, 4) is 0 Å². The minimum atomic E-state index is 0.386. The first-order valence-corrected chi connectivity index (χ1v) is 6.44. The van der Waals surface area contributed by atoms with Crippen LogP contribution >= 0.6 is 11.3 Å². The molecule has 0 aliphatic carbocycles. The monoisotopic (exact) mass is 236 g/mol. The summed E-state index contributed by atoms with van der Waals surface area (Å²) in [4.78, 5) is 8.51. The van der Waals surface area contributed by atoms with Crippen molar-refractivity contribution in [2.24, 2.45) is 0 Å². The molecule has 0 aromatic carbocycles. The second kappa shape index (κ2) is 5.25. The molecule has 0 N–H and O–H groups in total. The molecule has 16 heavy (non-hydrogen) atoms. The van der Waals surface area contributed by atoms with Gasteiger partial charge in [0.1, 0.15) is 6.26 Å². The lowest BCUT2D eigenvalue weighted by atomic mass is 9.98. The molecule has 0 fully saturated rings. The van der Waals surface area contributed by atoms with Gasteiger partial charge < -0.3 is 4.42 Å². The van der Waals surface area contributed by atoms with Crippen molar-refractivity contribution in [3.05, 3.63) is 34.9 Å². The maximum atomic E-state index is 5.29. The predicted octanol–water partition coefficient (Wildman–Crippen LogP) is 3.82. The van der Waals surface area contributed by atoms with Crippen molar-refractivity contribution in [2.75, 3.05) is 0 Å². The molecule has 3 nitrogen and oxygen atoms in total. The van der Waals surface area contributed by atoms with Gasteiger partial charge in [0.25, 0.3) is 0 Å². The number of oxazole rings is 1. The number of aromatic nitrogens is 2. The SMILES string of the molecule is CC(CCC(C)c1nccs1)c1ncco1. The van der Waals surface area contributed by atoms with Gasteiger partial charge in [-0.1, -0.05) is 13.8 Å². The van der Waals surface area contributed by atoms with E-state index >= 15 is 0 Å². The summed E-state index contributed by atoms with van der Waals surface area (Å²) in [6, 6.07) is 0. The molecular weight excluding hydrogens is 220 g/mol. The van der Waals surface area contributed by atoms with Gasteiger partial charge in [-0.3, -0.25) is 0 Å². The van der Waals surface area contributed by atoms with Crippen LogP contribution in [0.2, 0.25) is 0 Å². The molecule has 0 aliphatic heterocycles. The Morgan fingerprint density at radius 3 is 2.62 bits per heavy atom. The molecule has 0 bridgehead atoms. The van der Waals surface area contributed by atoms with Gasteiger partial charge in [0.05, 0.1) is 11.2 Å². The highest BCUT2D eigenvalue weighted by Crippen LogP contribution is 2.27. The third kappa shape index (κ3) is 2.70. The van der Waals surface area contributed by atoms with Gasteiger partial charge >= 0.3 is 0 Å². The molecule has 0 saturated heterocycles. The van der Waals surface area contributed by atoms with Gasteiger partial charge in [0, 0.05) is 23.4 Å². The lowest BCUT2D eigenvalue weighted by molar-refractivity contribution is 0.432. The minimum absolute atomic E-state index is 0.386. The summed E-state index contributed by atoms with van der Waals surface area (Å²) in [5.41, 5.74) is 0. The fourth-order valence-corrected chi connectivity index (χ4v) is 2.44. The van der Waals surface area contributed by atoms with Crippen LogP contribution in [0.3, 0.4) is 0 Å². The second-order valence-electron chi connectivity index (χ2n) is 4.12. The van der Waals surface area contributed by atoms with Crippen LogP contribution in [0.5, 0.6) is 0 Å². The van der Waals surface area contributed by atoms with Gasteiger partial charge in [-0.05, 0) is 12.8 Å². The Morgan fingerprint density at radius 1 is 1.19 bits per heavy atom. The maximum absolute atomic E-state index is 5.29. The summed E-state index contributed by atoms with van der Waals surface area (Å²) in [5.74, 6) is 1.75. The van der Waals surface area contributed by atoms with E-state index in [0.717, 1.165) is 18.7 Å². The van der Waals surface area contributed by atoms with Crippen LogP contribution in [0.25, 0.3) is 0 Å². The predicted molar refractivity (Wildman–Crippen MR) is 64.7 cm³/mol. The summed E-state index contributed by atoms with van der Waals surface area (Å²) in [6.45, 7) is 4.38. The van der Waals surface area contributed by atoms with Crippen LogP contribution in [-0.2, 0) is 0 Å². The topological polar surface area (TPSA) is 38.9 Å². The van der Waals surface area contributed by atoms with Crippen LogP contribution in [0, 0.1) is 0 Å². The molecule has 0 aliphatic rings. The smallest absolute Gasteiger partial charge is 0.196 e. The van der Waals surface area contributed by atoms with Crippen LogP contribution in [0.4, 0.5) is 0 Å². The zero-order chi connectivity index (χ0) is 11.4. The molecule has 2 aromatic rings. The highest BCUT2D eigenvalue weighted by atomic mass is 32.1. The zero-order valence-corrected chi connectivity index (χ0v) is 10.4. The van der Waals surface area contributed by atoms with Gasteiger partial charge in [-0.2, -0.15) is 0 Å². The molecule has 0 saturated carbocycles. The second-order valence-corrected chi connectivity index (χ2v) is 5.05. The Morgan fingerprint density at radius 2 is 2.00 bits per heavy atom. The highest BCUT2D eigenvalue weighted by Gasteiger charge is 2.14. The first-order chi connectivity index (χ1) is 7.77. The maximum Gasteiger partial charge on any atom is 0.196 e. The summed E-state index contributed by atoms with van der Waals surface area (Å²) in [6.07, 6.45) is 7.42. The van der Waals surface area contributed by atoms with Gasteiger partial charge in [0.2, 0.25) is 0 Å². The largest absolute Gasteiger partial charge is 0.449 e. The van der Waals surface area contributed by atoms with Crippen LogP contribution in [-0.4, -0.2) is 9.97 Å². The van der Waals surface area contributed by atoms with Gasteiger partial charge in [-0.25, -0.2) is 9.97 Å². The Kier molecular flexibility index (Phi) is 3.72. The number of nitrogens with zero attached hydrogens (tertiary/aromatic N) is 2. The van der Waals surface area contributed by atoms with Gasteiger partial charge in [-0.15, -0.1) is 11.3 Å².